The third-order valence-electron chi connectivity index (χ3n) is 2.59. The van der Waals surface area contributed by atoms with E-state index in [-0.39, 0.29) is 12.0 Å². The summed E-state index contributed by atoms with van der Waals surface area (Å²) >= 11 is 0. The second kappa shape index (κ2) is 7.35. The van der Waals surface area contributed by atoms with Crippen molar-refractivity contribution in [3.8, 4) is 0 Å². The maximum Gasteiger partial charge on any atom is 0.338 e. The molecule has 0 aliphatic rings. The van der Waals surface area contributed by atoms with Gasteiger partial charge < -0.3 is 15.5 Å². The molecule has 0 bridgehead atoms. The number of hydrogen-bond donors (Lipinski definition) is 3. The fourth-order valence-corrected chi connectivity index (χ4v) is 1.61. The fourth-order valence-electron chi connectivity index (χ4n) is 1.61. The van der Waals surface area contributed by atoms with Crippen LogP contribution in [0.2, 0.25) is 0 Å². The van der Waals surface area contributed by atoms with E-state index in [1.807, 2.05) is 0 Å². The van der Waals surface area contributed by atoms with Crippen LogP contribution >= 0.6 is 0 Å². The van der Waals surface area contributed by atoms with Crippen molar-refractivity contribution in [2.45, 2.75) is 25.7 Å². The lowest BCUT2D eigenvalue weighted by Crippen LogP contribution is -2.05. The van der Waals surface area contributed by atoms with Gasteiger partial charge >= 0.3 is 11.9 Å². The first-order valence-electron chi connectivity index (χ1n) is 5.99. The van der Waals surface area contributed by atoms with Crippen molar-refractivity contribution in [1.82, 2.24) is 0 Å². The molecule has 0 unspecified atom stereocenters. The molecule has 19 heavy (non-hydrogen) atoms. The lowest BCUT2D eigenvalue weighted by Gasteiger charge is -2.07. The molecule has 0 amide bonds. The molecule has 6 heteroatoms. The molecule has 0 aliphatic carbocycles. The zero-order chi connectivity index (χ0) is 14.3. The lowest BCUT2D eigenvalue weighted by atomic mass is 10.1. The summed E-state index contributed by atoms with van der Waals surface area (Å²) in [6, 6.07) is 3.82. The van der Waals surface area contributed by atoms with Gasteiger partial charge in [0.1, 0.15) is 5.82 Å². The molecule has 0 spiro atoms. The Morgan fingerprint density at radius 1 is 1.16 bits per heavy atom. The Bertz CT molecular complexity index is 462. The zero-order valence-corrected chi connectivity index (χ0v) is 10.4. The van der Waals surface area contributed by atoms with E-state index in [0.717, 1.165) is 18.9 Å². The van der Waals surface area contributed by atoms with Gasteiger partial charge in [0.2, 0.25) is 0 Å². The summed E-state index contributed by atoms with van der Waals surface area (Å²) in [5, 5.41) is 20.2. The summed E-state index contributed by atoms with van der Waals surface area (Å²) in [6.07, 6.45) is 2.31. The van der Waals surface area contributed by atoms with E-state index in [1.165, 1.54) is 12.1 Å². The lowest BCUT2D eigenvalue weighted by molar-refractivity contribution is -0.137. The molecule has 0 fully saturated rings. The van der Waals surface area contributed by atoms with Gasteiger partial charge in [0.05, 0.1) is 5.56 Å². The highest BCUT2D eigenvalue weighted by molar-refractivity contribution is 5.89. The first kappa shape index (κ1) is 14.9. The van der Waals surface area contributed by atoms with Crippen molar-refractivity contribution in [3.63, 3.8) is 0 Å². The minimum Gasteiger partial charge on any atom is -0.481 e. The summed E-state index contributed by atoms with van der Waals surface area (Å²) in [4.78, 5) is 21.0. The average Bonchev–Trinajstić information content (AvgIpc) is 2.34. The number of benzene rings is 1. The van der Waals surface area contributed by atoms with Gasteiger partial charge in [0, 0.05) is 18.7 Å². The quantitative estimate of drug-likeness (QED) is 0.631. The van der Waals surface area contributed by atoms with E-state index in [0.29, 0.717) is 18.7 Å². The first-order valence-corrected chi connectivity index (χ1v) is 5.99. The van der Waals surface area contributed by atoms with Crippen LogP contribution in [0.1, 0.15) is 36.0 Å². The molecular weight excluding hydrogens is 253 g/mol. The van der Waals surface area contributed by atoms with Crippen LogP contribution < -0.4 is 5.32 Å². The van der Waals surface area contributed by atoms with Crippen LogP contribution in [0, 0.1) is 5.82 Å². The molecule has 0 saturated heterocycles. The van der Waals surface area contributed by atoms with E-state index in [4.69, 9.17) is 10.2 Å². The fraction of sp³-hybridized carbons (Fsp3) is 0.385. The topological polar surface area (TPSA) is 86.6 Å². The van der Waals surface area contributed by atoms with Crippen molar-refractivity contribution >= 4 is 17.6 Å². The van der Waals surface area contributed by atoms with Crippen LogP contribution in [0.4, 0.5) is 10.1 Å². The predicted octanol–water partition coefficient (Wildman–Crippen LogP) is 2.58. The van der Waals surface area contributed by atoms with E-state index in [9.17, 15) is 14.0 Å². The van der Waals surface area contributed by atoms with Gasteiger partial charge in [-0.15, -0.1) is 0 Å². The van der Waals surface area contributed by atoms with Crippen LogP contribution in [0.5, 0.6) is 0 Å². The SMILES string of the molecule is O=C(O)CCCCCNc1ccc(F)c(C(=O)O)c1. The number of carboxylic acids is 2. The Morgan fingerprint density at radius 3 is 2.53 bits per heavy atom. The normalized spacial score (nSPS) is 10.2. The summed E-state index contributed by atoms with van der Waals surface area (Å²) < 4.78 is 13.1. The molecule has 0 heterocycles. The van der Waals surface area contributed by atoms with Gasteiger partial charge in [-0.2, -0.15) is 0 Å². The van der Waals surface area contributed by atoms with Crippen molar-refractivity contribution in [1.29, 1.82) is 0 Å². The predicted molar refractivity (Wildman–Crippen MR) is 68.0 cm³/mol. The first-order chi connectivity index (χ1) is 9.00. The maximum absolute atomic E-state index is 13.1. The Balaban J connectivity index is 2.35. The van der Waals surface area contributed by atoms with Crippen molar-refractivity contribution in [2.75, 3.05) is 11.9 Å². The van der Waals surface area contributed by atoms with E-state index >= 15 is 0 Å². The van der Waals surface area contributed by atoms with Crippen LogP contribution in [0.15, 0.2) is 18.2 Å². The number of halogens is 1. The Kier molecular flexibility index (Phi) is 5.78. The number of rotatable bonds is 8. The molecule has 0 radical (unpaired) electrons. The van der Waals surface area contributed by atoms with E-state index in [2.05, 4.69) is 5.32 Å². The van der Waals surface area contributed by atoms with Crippen molar-refractivity contribution < 1.29 is 24.2 Å². The van der Waals surface area contributed by atoms with E-state index < -0.39 is 17.8 Å². The Labute approximate surface area is 110 Å². The van der Waals surface area contributed by atoms with Gasteiger partial charge in [-0.3, -0.25) is 4.79 Å². The van der Waals surface area contributed by atoms with Gasteiger partial charge in [-0.1, -0.05) is 6.42 Å². The summed E-state index contributed by atoms with van der Waals surface area (Å²) in [5.41, 5.74) is 0.174. The second-order valence-corrected chi connectivity index (χ2v) is 4.13. The second-order valence-electron chi connectivity index (χ2n) is 4.13. The van der Waals surface area contributed by atoms with Gasteiger partial charge in [-0.25, -0.2) is 9.18 Å². The minimum absolute atomic E-state index is 0.152. The molecular formula is C13H16FNO4. The smallest absolute Gasteiger partial charge is 0.338 e. The van der Waals surface area contributed by atoms with Gasteiger partial charge in [-0.05, 0) is 31.0 Å². The highest BCUT2D eigenvalue weighted by atomic mass is 19.1. The molecule has 1 aromatic rings. The number of nitrogens with one attached hydrogen (secondary N) is 1. The summed E-state index contributed by atoms with van der Waals surface area (Å²) in [7, 11) is 0. The average molecular weight is 269 g/mol. The standard InChI is InChI=1S/C13H16FNO4/c14-11-6-5-9(8-10(11)13(18)19)15-7-3-1-2-4-12(16)17/h5-6,8,15H,1-4,7H2,(H,16,17)(H,18,19). The Morgan fingerprint density at radius 2 is 1.89 bits per heavy atom. The molecule has 0 atom stereocenters. The van der Waals surface area contributed by atoms with Crippen LogP contribution in [0.25, 0.3) is 0 Å². The molecule has 1 aromatic carbocycles. The van der Waals surface area contributed by atoms with E-state index in [1.54, 1.807) is 0 Å². The number of unbranched alkanes of at least 4 members (excludes halogenated alkanes) is 2. The third kappa shape index (κ3) is 5.37. The number of anilines is 1. The van der Waals surface area contributed by atoms with Crippen molar-refractivity contribution in [2.24, 2.45) is 0 Å². The zero-order valence-electron chi connectivity index (χ0n) is 10.4. The highest BCUT2D eigenvalue weighted by Crippen LogP contribution is 2.15. The minimum atomic E-state index is -1.30. The Hall–Kier alpha value is -2.11. The number of carbonyl (C=O) groups is 2. The number of carboxylic acid groups (broad SMARTS) is 2. The largest absolute Gasteiger partial charge is 0.481 e. The number of aromatic carboxylic acids is 1. The van der Waals surface area contributed by atoms with Crippen molar-refractivity contribution in [3.05, 3.63) is 29.6 Å². The molecule has 0 aromatic heterocycles. The van der Waals surface area contributed by atoms with Gasteiger partial charge in [0.25, 0.3) is 0 Å². The van der Waals surface area contributed by atoms with Crippen LogP contribution in [-0.4, -0.2) is 28.7 Å². The third-order valence-corrected chi connectivity index (χ3v) is 2.59. The molecule has 1 rings (SSSR count). The summed E-state index contributed by atoms with van der Waals surface area (Å²) in [6.45, 7) is 0.588. The molecule has 104 valence electrons. The van der Waals surface area contributed by atoms with Gasteiger partial charge in [0.15, 0.2) is 0 Å². The molecule has 5 nitrogen and oxygen atoms in total. The van der Waals surface area contributed by atoms with Crippen LogP contribution in [-0.2, 0) is 4.79 Å². The molecule has 3 N–H and O–H groups in total. The summed E-state index contributed by atoms with van der Waals surface area (Å²) in [5.74, 6) is -2.88. The molecule has 0 aliphatic heterocycles. The number of aliphatic carboxylic acids is 1. The maximum atomic E-state index is 13.1. The molecule has 0 saturated carbocycles. The highest BCUT2D eigenvalue weighted by Gasteiger charge is 2.10. The van der Waals surface area contributed by atoms with Crippen LogP contribution in [0.3, 0.4) is 0 Å². The monoisotopic (exact) mass is 269 g/mol. The number of hydrogen-bond acceptors (Lipinski definition) is 3.